The van der Waals surface area contributed by atoms with Crippen LogP contribution in [0, 0.1) is 28.5 Å². The lowest BCUT2D eigenvalue weighted by molar-refractivity contribution is 0.200. The second kappa shape index (κ2) is 6.59. The quantitative estimate of drug-likeness (QED) is 0.717. The Bertz CT molecular complexity index is 498. The van der Waals surface area contributed by atoms with Crippen molar-refractivity contribution in [3.63, 3.8) is 0 Å². The van der Waals surface area contributed by atoms with Crippen LogP contribution in [0.3, 0.4) is 0 Å². The van der Waals surface area contributed by atoms with Gasteiger partial charge in [-0.3, -0.25) is 0 Å². The van der Waals surface area contributed by atoms with Gasteiger partial charge in [-0.05, 0) is 55.7 Å². The molecule has 0 radical (unpaired) electrons. The molecule has 0 heterocycles. The first-order valence-corrected chi connectivity index (χ1v) is 7.81. The van der Waals surface area contributed by atoms with Crippen LogP contribution < -0.4 is 0 Å². The van der Waals surface area contributed by atoms with Crippen molar-refractivity contribution >= 4 is 11.6 Å². The van der Waals surface area contributed by atoms with Crippen molar-refractivity contribution in [1.29, 1.82) is 5.26 Å². The molecule has 20 heavy (non-hydrogen) atoms. The van der Waals surface area contributed by atoms with Crippen LogP contribution in [0.4, 0.5) is 4.39 Å². The predicted molar refractivity (Wildman–Crippen MR) is 80.0 cm³/mol. The van der Waals surface area contributed by atoms with Crippen LogP contribution >= 0.6 is 11.6 Å². The van der Waals surface area contributed by atoms with E-state index in [2.05, 4.69) is 13.0 Å². The van der Waals surface area contributed by atoms with Gasteiger partial charge >= 0.3 is 0 Å². The summed E-state index contributed by atoms with van der Waals surface area (Å²) in [6, 6.07) is 7.40. The molecule has 0 atom stereocenters. The highest BCUT2D eigenvalue weighted by Gasteiger charge is 2.35. The molecule has 0 amide bonds. The van der Waals surface area contributed by atoms with Crippen LogP contribution in [-0.2, 0) is 6.42 Å². The van der Waals surface area contributed by atoms with Gasteiger partial charge in [0.1, 0.15) is 5.82 Å². The number of rotatable bonds is 4. The summed E-state index contributed by atoms with van der Waals surface area (Å²) >= 11 is 5.71. The highest BCUT2D eigenvalue weighted by Crippen LogP contribution is 2.42. The first-order chi connectivity index (χ1) is 9.58. The summed E-state index contributed by atoms with van der Waals surface area (Å²) in [5.41, 5.74) is 0.562. The number of hydrogen-bond acceptors (Lipinski definition) is 1. The Hall–Kier alpha value is -1.07. The molecule has 1 aromatic rings. The minimum Gasteiger partial charge on any atom is -0.205 e. The van der Waals surface area contributed by atoms with E-state index in [1.807, 2.05) is 6.07 Å². The van der Waals surface area contributed by atoms with Crippen LogP contribution in [0.25, 0.3) is 0 Å². The fourth-order valence-electron chi connectivity index (χ4n) is 3.30. The standard InChI is InChI=1S/C17H21ClFN/c1-2-3-13-6-8-17(12-20,9-7-13)11-14-4-5-15(18)16(19)10-14/h4-5,10,13H,2-3,6-9,11H2,1H3. The molecule has 1 aliphatic carbocycles. The van der Waals surface area contributed by atoms with Gasteiger partial charge in [-0.15, -0.1) is 0 Å². The maximum absolute atomic E-state index is 13.5. The zero-order valence-corrected chi connectivity index (χ0v) is 12.7. The van der Waals surface area contributed by atoms with Crippen LogP contribution in [0.1, 0.15) is 51.0 Å². The van der Waals surface area contributed by atoms with E-state index in [4.69, 9.17) is 11.6 Å². The van der Waals surface area contributed by atoms with Crippen LogP contribution in [0.5, 0.6) is 0 Å². The highest BCUT2D eigenvalue weighted by molar-refractivity contribution is 6.30. The maximum atomic E-state index is 13.5. The van der Waals surface area contributed by atoms with E-state index in [0.29, 0.717) is 6.42 Å². The van der Waals surface area contributed by atoms with Gasteiger partial charge in [0.05, 0.1) is 16.5 Å². The first kappa shape index (κ1) is 15.3. The van der Waals surface area contributed by atoms with Gasteiger partial charge in [-0.25, -0.2) is 4.39 Å². The maximum Gasteiger partial charge on any atom is 0.142 e. The third kappa shape index (κ3) is 3.52. The molecule has 0 aliphatic heterocycles. The number of nitriles is 1. The van der Waals surface area contributed by atoms with Crippen molar-refractivity contribution < 1.29 is 4.39 Å². The minimum atomic E-state index is -0.392. The molecule has 3 heteroatoms. The molecule has 1 nitrogen and oxygen atoms in total. The topological polar surface area (TPSA) is 23.8 Å². The van der Waals surface area contributed by atoms with E-state index in [1.165, 1.54) is 18.9 Å². The van der Waals surface area contributed by atoms with E-state index in [1.54, 1.807) is 6.07 Å². The molecule has 1 aliphatic rings. The third-order valence-corrected chi connectivity index (χ3v) is 4.83. The van der Waals surface area contributed by atoms with E-state index >= 15 is 0 Å². The Morgan fingerprint density at radius 2 is 2.10 bits per heavy atom. The molecule has 0 N–H and O–H groups in total. The first-order valence-electron chi connectivity index (χ1n) is 7.44. The molecular weight excluding hydrogens is 273 g/mol. The summed E-state index contributed by atoms with van der Waals surface area (Å²) in [6.07, 6.45) is 7.21. The third-order valence-electron chi connectivity index (χ3n) is 4.52. The van der Waals surface area contributed by atoms with Gasteiger partial charge in [-0.1, -0.05) is 37.4 Å². The summed E-state index contributed by atoms with van der Waals surface area (Å²) in [5, 5.41) is 9.72. The SMILES string of the molecule is CCCC1CCC(C#N)(Cc2ccc(Cl)c(F)c2)CC1. The summed E-state index contributed by atoms with van der Waals surface area (Å²) in [6.45, 7) is 2.21. The monoisotopic (exact) mass is 293 g/mol. The minimum absolute atomic E-state index is 0.145. The molecule has 0 saturated heterocycles. The van der Waals surface area contributed by atoms with Crippen LogP contribution in [0.2, 0.25) is 5.02 Å². The fourth-order valence-corrected chi connectivity index (χ4v) is 3.41. The van der Waals surface area contributed by atoms with E-state index in [9.17, 15) is 9.65 Å². The number of hydrogen-bond donors (Lipinski definition) is 0. The number of nitrogens with zero attached hydrogens (tertiary/aromatic N) is 1. The van der Waals surface area contributed by atoms with Crippen molar-refractivity contribution in [2.45, 2.75) is 51.9 Å². The molecular formula is C17H21ClFN. The van der Waals surface area contributed by atoms with Gasteiger partial charge in [0.15, 0.2) is 0 Å². The van der Waals surface area contributed by atoms with Crippen molar-refractivity contribution in [2.75, 3.05) is 0 Å². The van der Waals surface area contributed by atoms with E-state index < -0.39 is 5.82 Å². The van der Waals surface area contributed by atoms with E-state index in [0.717, 1.165) is 37.2 Å². The lowest BCUT2D eigenvalue weighted by Gasteiger charge is -2.35. The van der Waals surface area contributed by atoms with E-state index in [-0.39, 0.29) is 10.4 Å². The van der Waals surface area contributed by atoms with Gasteiger partial charge in [0, 0.05) is 0 Å². The van der Waals surface area contributed by atoms with Gasteiger partial charge < -0.3 is 0 Å². The molecule has 1 aromatic carbocycles. The molecule has 0 aromatic heterocycles. The zero-order chi connectivity index (χ0) is 14.6. The van der Waals surface area contributed by atoms with Crippen molar-refractivity contribution in [2.24, 2.45) is 11.3 Å². The summed E-state index contributed by atoms with van der Waals surface area (Å²) in [4.78, 5) is 0. The Kier molecular flexibility index (Phi) is 5.05. The fraction of sp³-hybridized carbons (Fsp3) is 0.588. The second-order valence-corrected chi connectivity index (χ2v) is 6.46. The average Bonchev–Trinajstić information content (AvgIpc) is 2.46. The molecule has 0 spiro atoms. The Balaban J connectivity index is 2.06. The summed E-state index contributed by atoms with van der Waals surface area (Å²) in [5.74, 6) is 0.375. The Labute approximate surface area is 125 Å². The lowest BCUT2D eigenvalue weighted by Crippen LogP contribution is -2.28. The van der Waals surface area contributed by atoms with Gasteiger partial charge in [0.25, 0.3) is 0 Å². The highest BCUT2D eigenvalue weighted by atomic mass is 35.5. The lowest BCUT2D eigenvalue weighted by atomic mass is 9.67. The predicted octanol–water partition coefficient (Wildman–Crippen LogP) is 5.52. The number of halogens is 2. The average molecular weight is 294 g/mol. The molecule has 1 saturated carbocycles. The molecule has 0 unspecified atom stereocenters. The molecule has 1 fully saturated rings. The normalized spacial score (nSPS) is 26.2. The van der Waals surface area contributed by atoms with Crippen LogP contribution in [-0.4, -0.2) is 0 Å². The summed E-state index contributed by atoms with van der Waals surface area (Å²) < 4.78 is 13.5. The van der Waals surface area contributed by atoms with Gasteiger partial charge in [-0.2, -0.15) is 5.26 Å². The molecule has 108 valence electrons. The summed E-state index contributed by atoms with van der Waals surface area (Å²) in [7, 11) is 0. The molecule has 0 bridgehead atoms. The van der Waals surface area contributed by atoms with Crippen molar-refractivity contribution in [3.05, 3.63) is 34.6 Å². The second-order valence-electron chi connectivity index (χ2n) is 6.05. The smallest absolute Gasteiger partial charge is 0.142 e. The largest absolute Gasteiger partial charge is 0.205 e. The van der Waals surface area contributed by atoms with Gasteiger partial charge in [0.2, 0.25) is 0 Å². The van der Waals surface area contributed by atoms with Crippen LogP contribution in [0.15, 0.2) is 18.2 Å². The Morgan fingerprint density at radius 1 is 1.40 bits per heavy atom. The van der Waals surface area contributed by atoms with Crippen molar-refractivity contribution in [1.82, 2.24) is 0 Å². The molecule has 2 rings (SSSR count). The van der Waals surface area contributed by atoms with Crippen molar-refractivity contribution in [3.8, 4) is 6.07 Å². The zero-order valence-electron chi connectivity index (χ0n) is 12.0. The Morgan fingerprint density at radius 3 is 2.65 bits per heavy atom. The number of benzene rings is 1.